The van der Waals surface area contributed by atoms with Crippen LogP contribution in [-0.2, 0) is 0 Å². The Labute approximate surface area is 178 Å². The minimum atomic E-state index is -0.698. The first-order valence-corrected chi connectivity index (χ1v) is 9.11. The van der Waals surface area contributed by atoms with Gasteiger partial charge in [0.25, 0.3) is 0 Å². The van der Waals surface area contributed by atoms with Gasteiger partial charge in [0, 0.05) is 17.5 Å². The zero-order chi connectivity index (χ0) is 18.1. The number of guanidine groups is 1. The van der Waals surface area contributed by atoms with Gasteiger partial charge in [0.15, 0.2) is 5.96 Å². The van der Waals surface area contributed by atoms with Crippen molar-refractivity contribution >= 4 is 52.9 Å². The molecule has 0 spiro atoms. The van der Waals surface area contributed by atoms with Gasteiger partial charge in [-0.15, -0.1) is 35.3 Å². The number of benzene rings is 1. The molecule has 1 atom stereocenters. The van der Waals surface area contributed by atoms with E-state index in [2.05, 4.69) is 15.6 Å². The van der Waals surface area contributed by atoms with E-state index >= 15 is 0 Å². The Kier molecular flexibility index (Phi) is 10.9. The standard InChI is InChI=1S/C17H21ClFN3O2S.HI/c1-2-20-17(22-11-14(23)15-6-7-16(18)25-15)21-8-9-24-13-5-3-4-12(19)10-13;/h3-7,10,14,23H,2,8-9,11H2,1H3,(H2,20,21,22);1H. The highest BCUT2D eigenvalue weighted by Crippen LogP contribution is 2.26. The maximum absolute atomic E-state index is 13.1. The minimum absolute atomic E-state index is 0. The van der Waals surface area contributed by atoms with Crippen LogP contribution in [0.25, 0.3) is 0 Å². The van der Waals surface area contributed by atoms with E-state index in [0.717, 1.165) is 4.88 Å². The number of aliphatic hydroxyl groups is 1. The Balaban J connectivity index is 0.00000338. The van der Waals surface area contributed by atoms with Crippen molar-refractivity contribution in [2.24, 2.45) is 4.99 Å². The number of hydrogen-bond acceptors (Lipinski definition) is 4. The molecule has 1 unspecified atom stereocenters. The lowest BCUT2D eigenvalue weighted by Crippen LogP contribution is -2.39. The van der Waals surface area contributed by atoms with Crippen molar-refractivity contribution < 1.29 is 14.2 Å². The van der Waals surface area contributed by atoms with Gasteiger partial charge < -0.3 is 20.5 Å². The van der Waals surface area contributed by atoms with E-state index in [1.54, 1.807) is 24.3 Å². The zero-order valence-electron chi connectivity index (χ0n) is 14.2. The number of aliphatic imine (C=N–C) groups is 1. The van der Waals surface area contributed by atoms with E-state index in [0.29, 0.717) is 35.7 Å². The van der Waals surface area contributed by atoms with Crippen LogP contribution in [0.5, 0.6) is 5.75 Å². The average molecular weight is 514 g/mol. The molecular weight excluding hydrogens is 492 g/mol. The van der Waals surface area contributed by atoms with Crippen LogP contribution in [-0.4, -0.2) is 37.3 Å². The molecule has 1 aromatic heterocycles. The third-order valence-electron chi connectivity index (χ3n) is 3.15. The van der Waals surface area contributed by atoms with Gasteiger partial charge in [-0.3, -0.25) is 4.99 Å². The van der Waals surface area contributed by atoms with Crippen LogP contribution >= 0.6 is 46.9 Å². The fraction of sp³-hybridized carbons (Fsp3) is 0.353. The summed E-state index contributed by atoms with van der Waals surface area (Å²) in [5, 5.41) is 16.3. The van der Waals surface area contributed by atoms with Crippen molar-refractivity contribution in [1.82, 2.24) is 10.6 Å². The molecule has 2 aromatic rings. The van der Waals surface area contributed by atoms with Gasteiger partial charge in [0.05, 0.1) is 17.4 Å². The highest BCUT2D eigenvalue weighted by atomic mass is 127. The van der Waals surface area contributed by atoms with Crippen LogP contribution in [0.4, 0.5) is 4.39 Å². The van der Waals surface area contributed by atoms with Crippen LogP contribution in [0.1, 0.15) is 17.9 Å². The Morgan fingerprint density at radius 1 is 1.35 bits per heavy atom. The van der Waals surface area contributed by atoms with Crippen LogP contribution in [0, 0.1) is 5.82 Å². The zero-order valence-corrected chi connectivity index (χ0v) is 18.1. The van der Waals surface area contributed by atoms with E-state index in [-0.39, 0.29) is 36.3 Å². The summed E-state index contributed by atoms with van der Waals surface area (Å²) in [4.78, 5) is 5.13. The van der Waals surface area contributed by atoms with Crippen molar-refractivity contribution in [3.63, 3.8) is 0 Å². The molecule has 0 fully saturated rings. The molecule has 5 nitrogen and oxygen atoms in total. The Hall–Kier alpha value is -1.10. The van der Waals surface area contributed by atoms with Crippen molar-refractivity contribution in [2.75, 3.05) is 26.2 Å². The number of nitrogens with zero attached hydrogens (tertiary/aromatic N) is 1. The molecule has 0 aliphatic heterocycles. The molecule has 0 aliphatic carbocycles. The minimum Gasteiger partial charge on any atom is -0.492 e. The number of aliphatic hydroxyl groups excluding tert-OH is 1. The molecule has 0 radical (unpaired) electrons. The largest absolute Gasteiger partial charge is 0.492 e. The first-order valence-electron chi connectivity index (χ1n) is 7.92. The first-order chi connectivity index (χ1) is 12.1. The third-order valence-corrected chi connectivity index (χ3v) is 4.48. The number of thiophene rings is 1. The third kappa shape index (κ3) is 8.07. The monoisotopic (exact) mass is 513 g/mol. The van der Waals surface area contributed by atoms with Gasteiger partial charge in [0.1, 0.15) is 24.3 Å². The number of nitrogens with one attached hydrogen (secondary N) is 2. The van der Waals surface area contributed by atoms with Crippen LogP contribution < -0.4 is 15.4 Å². The molecule has 9 heteroatoms. The summed E-state index contributed by atoms with van der Waals surface area (Å²) in [6, 6.07) is 9.55. The Bertz CT molecular complexity index is 702. The smallest absolute Gasteiger partial charge is 0.191 e. The van der Waals surface area contributed by atoms with Crippen molar-refractivity contribution in [1.29, 1.82) is 0 Å². The highest BCUT2D eigenvalue weighted by molar-refractivity contribution is 14.0. The maximum Gasteiger partial charge on any atom is 0.191 e. The topological polar surface area (TPSA) is 65.9 Å². The maximum atomic E-state index is 13.1. The van der Waals surface area contributed by atoms with E-state index in [4.69, 9.17) is 16.3 Å². The van der Waals surface area contributed by atoms with Crippen molar-refractivity contribution in [3.05, 3.63) is 51.4 Å². The van der Waals surface area contributed by atoms with E-state index < -0.39 is 6.10 Å². The molecule has 26 heavy (non-hydrogen) atoms. The van der Waals surface area contributed by atoms with Gasteiger partial charge in [-0.05, 0) is 31.2 Å². The molecule has 0 amide bonds. The molecular formula is C17H22ClFIN3O2S. The second kappa shape index (κ2) is 12.3. The molecule has 0 saturated heterocycles. The SMILES string of the molecule is CCNC(=NCC(O)c1ccc(Cl)s1)NCCOc1cccc(F)c1.I. The quantitative estimate of drug-likeness (QED) is 0.217. The average Bonchev–Trinajstić information content (AvgIpc) is 3.03. The first kappa shape index (κ1) is 22.9. The summed E-state index contributed by atoms with van der Waals surface area (Å²) in [6.07, 6.45) is -0.698. The van der Waals surface area contributed by atoms with Gasteiger partial charge >= 0.3 is 0 Å². The lowest BCUT2D eigenvalue weighted by Gasteiger charge is -2.13. The van der Waals surface area contributed by atoms with E-state index in [9.17, 15) is 9.50 Å². The van der Waals surface area contributed by atoms with Gasteiger partial charge in [-0.25, -0.2) is 4.39 Å². The predicted octanol–water partition coefficient (Wildman–Crippen LogP) is 3.83. The summed E-state index contributed by atoms with van der Waals surface area (Å²) in [7, 11) is 0. The highest BCUT2D eigenvalue weighted by Gasteiger charge is 2.10. The summed E-state index contributed by atoms with van der Waals surface area (Å²) in [5.41, 5.74) is 0. The van der Waals surface area contributed by atoms with Gasteiger partial charge in [-0.1, -0.05) is 17.7 Å². The molecule has 2 rings (SSSR count). The van der Waals surface area contributed by atoms with Crippen LogP contribution in [0.3, 0.4) is 0 Å². The van der Waals surface area contributed by atoms with Crippen LogP contribution in [0.2, 0.25) is 4.34 Å². The van der Waals surface area contributed by atoms with Crippen LogP contribution in [0.15, 0.2) is 41.4 Å². The van der Waals surface area contributed by atoms with E-state index in [1.165, 1.54) is 23.5 Å². The predicted molar refractivity (Wildman–Crippen MR) is 116 cm³/mol. The van der Waals surface area contributed by atoms with Gasteiger partial charge in [0.2, 0.25) is 0 Å². The van der Waals surface area contributed by atoms with E-state index in [1.807, 2.05) is 6.92 Å². The van der Waals surface area contributed by atoms with Gasteiger partial charge in [-0.2, -0.15) is 0 Å². The molecule has 0 bridgehead atoms. The molecule has 0 aliphatic rings. The lowest BCUT2D eigenvalue weighted by atomic mass is 10.3. The normalized spacial score (nSPS) is 12.2. The summed E-state index contributed by atoms with van der Waals surface area (Å²) in [6.45, 7) is 3.71. The van der Waals surface area contributed by atoms with Crippen molar-refractivity contribution in [3.8, 4) is 5.75 Å². The number of rotatable bonds is 8. The summed E-state index contributed by atoms with van der Waals surface area (Å²) < 4.78 is 19.2. The second-order valence-electron chi connectivity index (χ2n) is 5.11. The summed E-state index contributed by atoms with van der Waals surface area (Å²) in [5.74, 6) is 0.726. The fourth-order valence-corrected chi connectivity index (χ4v) is 3.05. The lowest BCUT2D eigenvalue weighted by molar-refractivity contribution is 0.191. The Morgan fingerprint density at radius 2 is 2.15 bits per heavy atom. The molecule has 0 saturated carbocycles. The number of ether oxygens (including phenoxy) is 1. The summed E-state index contributed by atoms with van der Waals surface area (Å²) >= 11 is 7.21. The number of halogens is 3. The van der Waals surface area contributed by atoms with Crippen molar-refractivity contribution in [2.45, 2.75) is 13.0 Å². The molecule has 144 valence electrons. The fourth-order valence-electron chi connectivity index (χ4n) is 2.01. The molecule has 1 heterocycles. The Morgan fingerprint density at radius 3 is 2.81 bits per heavy atom. The number of hydrogen-bond donors (Lipinski definition) is 3. The molecule has 1 aromatic carbocycles. The molecule has 3 N–H and O–H groups in total. The second-order valence-corrected chi connectivity index (χ2v) is 6.86.